The van der Waals surface area contributed by atoms with Gasteiger partial charge in [-0.2, -0.15) is 5.10 Å². The van der Waals surface area contributed by atoms with E-state index in [1.54, 1.807) is 13.3 Å². The maximum Gasteiger partial charge on any atom is 0.161 e. The monoisotopic (exact) mass is 253 g/mol. The third-order valence-corrected chi connectivity index (χ3v) is 3.16. The predicted octanol–water partition coefficient (Wildman–Crippen LogP) is 3.05. The van der Waals surface area contributed by atoms with Crippen molar-refractivity contribution in [3.8, 4) is 11.6 Å². The number of fused-ring (bicyclic) bond motifs is 1. The lowest BCUT2D eigenvalue weighted by atomic mass is 10.1. The van der Waals surface area contributed by atoms with Gasteiger partial charge in [0.25, 0.3) is 0 Å². The second kappa shape index (κ2) is 4.39. The van der Waals surface area contributed by atoms with Crippen molar-refractivity contribution < 1.29 is 4.74 Å². The average molecular weight is 253 g/mol. The highest BCUT2D eigenvalue weighted by Gasteiger charge is 2.09. The summed E-state index contributed by atoms with van der Waals surface area (Å²) in [5.74, 6) is 1.70. The van der Waals surface area contributed by atoms with Gasteiger partial charge in [0, 0.05) is 17.3 Å². The number of aryl methyl sites for hydroxylation is 2. The molecule has 0 aliphatic rings. The molecule has 19 heavy (non-hydrogen) atoms. The number of pyridine rings is 1. The Labute approximate surface area is 111 Å². The Bertz CT molecular complexity index is 746. The van der Waals surface area contributed by atoms with Gasteiger partial charge in [0.15, 0.2) is 5.82 Å². The van der Waals surface area contributed by atoms with Crippen LogP contribution in [0.5, 0.6) is 5.75 Å². The van der Waals surface area contributed by atoms with E-state index >= 15 is 0 Å². The second-order valence-corrected chi connectivity index (χ2v) is 4.56. The molecule has 0 N–H and O–H groups in total. The number of nitrogens with zero attached hydrogens (tertiary/aromatic N) is 3. The van der Waals surface area contributed by atoms with Crippen molar-refractivity contribution in [2.45, 2.75) is 13.8 Å². The van der Waals surface area contributed by atoms with E-state index in [1.165, 1.54) is 0 Å². The van der Waals surface area contributed by atoms with Gasteiger partial charge in [0.05, 0.1) is 12.8 Å². The number of hydrogen-bond donors (Lipinski definition) is 0. The SMILES string of the molecule is COc1ccc2c(-n3nc(C)cc3C)nccc2c1. The molecule has 0 saturated carbocycles. The van der Waals surface area contributed by atoms with Crippen LogP contribution in [-0.2, 0) is 0 Å². The molecule has 0 radical (unpaired) electrons. The summed E-state index contributed by atoms with van der Waals surface area (Å²) in [7, 11) is 1.67. The van der Waals surface area contributed by atoms with Crippen LogP contribution in [0.4, 0.5) is 0 Å². The van der Waals surface area contributed by atoms with Gasteiger partial charge < -0.3 is 4.74 Å². The predicted molar refractivity (Wildman–Crippen MR) is 74.9 cm³/mol. The second-order valence-electron chi connectivity index (χ2n) is 4.56. The molecule has 2 aromatic heterocycles. The van der Waals surface area contributed by atoms with Crippen LogP contribution in [-0.4, -0.2) is 21.9 Å². The minimum absolute atomic E-state index is 0.845. The Hall–Kier alpha value is -2.36. The number of methoxy groups -OCH3 is 1. The zero-order valence-electron chi connectivity index (χ0n) is 11.2. The minimum Gasteiger partial charge on any atom is -0.497 e. The zero-order valence-corrected chi connectivity index (χ0v) is 11.2. The Morgan fingerprint density at radius 1 is 1.11 bits per heavy atom. The van der Waals surface area contributed by atoms with E-state index < -0.39 is 0 Å². The molecule has 3 rings (SSSR count). The van der Waals surface area contributed by atoms with Gasteiger partial charge in [0.2, 0.25) is 0 Å². The molecule has 0 unspecified atom stereocenters. The van der Waals surface area contributed by atoms with E-state index in [2.05, 4.69) is 10.1 Å². The molecule has 0 atom stereocenters. The van der Waals surface area contributed by atoms with E-state index in [0.717, 1.165) is 33.7 Å². The van der Waals surface area contributed by atoms with E-state index in [9.17, 15) is 0 Å². The van der Waals surface area contributed by atoms with E-state index in [0.29, 0.717) is 0 Å². The van der Waals surface area contributed by atoms with E-state index in [1.807, 2.05) is 48.9 Å². The summed E-state index contributed by atoms with van der Waals surface area (Å²) in [5.41, 5.74) is 2.07. The Kier molecular flexibility index (Phi) is 2.71. The van der Waals surface area contributed by atoms with Gasteiger partial charge >= 0.3 is 0 Å². The van der Waals surface area contributed by atoms with Gasteiger partial charge in [-0.25, -0.2) is 9.67 Å². The highest BCUT2D eigenvalue weighted by atomic mass is 16.5. The van der Waals surface area contributed by atoms with Crippen LogP contribution in [0, 0.1) is 13.8 Å². The molecule has 96 valence electrons. The highest BCUT2D eigenvalue weighted by Crippen LogP contribution is 2.25. The normalized spacial score (nSPS) is 10.9. The van der Waals surface area contributed by atoms with Crippen molar-refractivity contribution in [1.82, 2.24) is 14.8 Å². The first kappa shape index (κ1) is 11.7. The number of ether oxygens (including phenoxy) is 1. The first-order valence-corrected chi connectivity index (χ1v) is 6.15. The maximum atomic E-state index is 5.25. The van der Waals surface area contributed by atoms with E-state index in [-0.39, 0.29) is 0 Å². The van der Waals surface area contributed by atoms with Crippen LogP contribution in [0.15, 0.2) is 36.5 Å². The lowest BCUT2D eigenvalue weighted by molar-refractivity contribution is 0.415. The Morgan fingerprint density at radius 2 is 1.95 bits per heavy atom. The van der Waals surface area contributed by atoms with Crippen molar-refractivity contribution in [2.24, 2.45) is 0 Å². The molecule has 4 nitrogen and oxygen atoms in total. The fourth-order valence-corrected chi connectivity index (χ4v) is 2.28. The maximum absolute atomic E-state index is 5.25. The highest BCUT2D eigenvalue weighted by molar-refractivity contribution is 5.89. The minimum atomic E-state index is 0.845. The zero-order chi connectivity index (χ0) is 13.4. The molecule has 1 aromatic carbocycles. The summed E-state index contributed by atoms with van der Waals surface area (Å²) in [4.78, 5) is 4.47. The number of hydrogen-bond acceptors (Lipinski definition) is 3. The molecule has 3 aromatic rings. The molecule has 2 heterocycles. The fourth-order valence-electron chi connectivity index (χ4n) is 2.28. The topological polar surface area (TPSA) is 39.9 Å². The summed E-state index contributed by atoms with van der Waals surface area (Å²) < 4.78 is 7.13. The van der Waals surface area contributed by atoms with Crippen LogP contribution >= 0.6 is 0 Å². The smallest absolute Gasteiger partial charge is 0.161 e. The lowest BCUT2D eigenvalue weighted by Gasteiger charge is -2.08. The molecule has 0 aliphatic heterocycles. The summed E-state index contributed by atoms with van der Waals surface area (Å²) in [6.07, 6.45) is 1.80. The third-order valence-electron chi connectivity index (χ3n) is 3.16. The summed E-state index contributed by atoms with van der Waals surface area (Å²) in [5, 5.41) is 6.65. The Morgan fingerprint density at radius 3 is 2.63 bits per heavy atom. The quantitative estimate of drug-likeness (QED) is 0.704. The molecular formula is C15H15N3O. The van der Waals surface area contributed by atoms with Crippen LogP contribution in [0.25, 0.3) is 16.6 Å². The summed E-state index contributed by atoms with van der Waals surface area (Å²) >= 11 is 0. The van der Waals surface area contributed by atoms with E-state index in [4.69, 9.17) is 4.74 Å². The van der Waals surface area contributed by atoms with Crippen LogP contribution in [0.2, 0.25) is 0 Å². The number of aromatic nitrogens is 3. The molecule has 0 saturated heterocycles. The molecule has 4 heteroatoms. The summed E-state index contributed by atoms with van der Waals surface area (Å²) in [6.45, 7) is 4.02. The average Bonchev–Trinajstić information content (AvgIpc) is 2.76. The van der Waals surface area contributed by atoms with Crippen molar-refractivity contribution in [2.75, 3.05) is 7.11 Å². The molecule has 0 bridgehead atoms. The molecule has 0 spiro atoms. The Balaban J connectivity index is 2.27. The first-order valence-electron chi connectivity index (χ1n) is 6.15. The van der Waals surface area contributed by atoms with Gasteiger partial charge in [-0.05, 0) is 49.6 Å². The van der Waals surface area contributed by atoms with Gasteiger partial charge in [0.1, 0.15) is 5.75 Å². The number of rotatable bonds is 2. The lowest BCUT2D eigenvalue weighted by Crippen LogP contribution is -2.02. The standard InChI is InChI=1S/C15H15N3O/c1-10-8-11(2)18(17-10)15-14-5-4-13(19-3)9-12(14)6-7-16-15/h4-9H,1-3H3. The molecule has 0 amide bonds. The van der Waals surface area contributed by atoms with Crippen LogP contribution < -0.4 is 4.74 Å². The molecular weight excluding hydrogens is 238 g/mol. The fraction of sp³-hybridized carbons (Fsp3) is 0.200. The largest absolute Gasteiger partial charge is 0.497 e. The molecule has 0 fully saturated rings. The molecule has 0 aliphatic carbocycles. The summed E-state index contributed by atoms with van der Waals surface area (Å²) in [6, 6.07) is 10.00. The van der Waals surface area contributed by atoms with Gasteiger partial charge in [-0.1, -0.05) is 0 Å². The van der Waals surface area contributed by atoms with Gasteiger partial charge in [-0.15, -0.1) is 0 Å². The number of benzene rings is 1. The first-order chi connectivity index (χ1) is 9.19. The third kappa shape index (κ3) is 1.95. The van der Waals surface area contributed by atoms with Crippen molar-refractivity contribution in [3.63, 3.8) is 0 Å². The van der Waals surface area contributed by atoms with Crippen molar-refractivity contribution in [3.05, 3.63) is 47.9 Å². The van der Waals surface area contributed by atoms with Gasteiger partial charge in [-0.3, -0.25) is 0 Å². The van der Waals surface area contributed by atoms with Crippen LogP contribution in [0.3, 0.4) is 0 Å². The van der Waals surface area contributed by atoms with Crippen LogP contribution in [0.1, 0.15) is 11.4 Å². The van der Waals surface area contributed by atoms with Crippen molar-refractivity contribution in [1.29, 1.82) is 0 Å². The van der Waals surface area contributed by atoms with Crippen molar-refractivity contribution >= 4 is 10.8 Å².